The maximum Gasteiger partial charge on any atom is 0.404 e. The van der Waals surface area contributed by atoms with Crippen molar-refractivity contribution < 1.29 is 9.90 Å². The van der Waals surface area contributed by atoms with Crippen molar-refractivity contribution in [1.82, 2.24) is 5.32 Å². The van der Waals surface area contributed by atoms with Gasteiger partial charge in [0.2, 0.25) is 0 Å². The molecule has 0 aliphatic carbocycles. The van der Waals surface area contributed by atoms with E-state index in [0.717, 1.165) is 5.75 Å². The van der Waals surface area contributed by atoms with Crippen LogP contribution >= 0.6 is 11.8 Å². The van der Waals surface area contributed by atoms with Gasteiger partial charge in [-0.25, -0.2) is 4.79 Å². The zero-order valence-electron chi connectivity index (χ0n) is 8.93. The first kappa shape index (κ1) is 12.9. The van der Waals surface area contributed by atoms with Gasteiger partial charge in [-0.1, -0.05) is 18.2 Å². The molecule has 0 aliphatic rings. The lowest BCUT2D eigenvalue weighted by atomic mass is 10.2. The number of thioether (sulfide) groups is 1. The fourth-order valence-corrected chi connectivity index (χ4v) is 2.09. The predicted molar refractivity (Wildman–Crippen MR) is 65.8 cm³/mol. The minimum absolute atomic E-state index is 0.0112. The number of benzene rings is 1. The highest BCUT2D eigenvalue weighted by Crippen LogP contribution is 2.17. The molecule has 1 rings (SSSR count). The first-order valence-corrected chi connectivity index (χ1v) is 6.07. The molecule has 0 aliphatic heterocycles. The van der Waals surface area contributed by atoms with E-state index in [0.29, 0.717) is 13.0 Å². The van der Waals surface area contributed by atoms with E-state index in [1.807, 2.05) is 30.3 Å². The summed E-state index contributed by atoms with van der Waals surface area (Å²) in [4.78, 5) is 11.4. The molecule has 0 spiro atoms. The summed E-state index contributed by atoms with van der Waals surface area (Å²) in [5, 5.41) is 10.7. The summed E-state index contributed by atoms with van der Waals surface area (Å²) >= 11 is 1.69. The molecule has 0 saturated carbocycles. The van der Waals surface area contributed by atoms with Crippen molar-refractivity contribution in [2.45, 2.75) is 17.4 Å². The third kappa shape index (κ3) is 5.63. The molecule has 4 nitrogen and oxygen atoms in total. The smallest absolute Gasteiger partial charge is 0.404 e. The van der Waals surface area contributed by atoms with Gasteiger partial charge in [-0.05, 0) is 18.6 Å². The van der Waals surface area contributed by atoms with Gasteiger partial charge in [-0.15, -0.1) is 11.8 Å². The van der Waals surface area contributed by atoms with Crippen molar-refractivity contribution in [3.8, 4) is 0 Å². The van der Waals surface area contributed by atoms with Gasteiger partial charge in [0.05, 0.1) is 0 Å². The van der Waals surface area contributed by atoms with Crippen molar-refractivity contribution in [2.24, 2.45) is 5.73 Å². The summed E-state index contributed by atoms with van der Waals surface area (Å²) in [6, 6.07) is 10.0. The highest BCUT2D eigenvalue weighted by atomic mass is 32.2. The molecule has 0 saturated heterocycles. The fourth-order valence-electron chi connectivity index (χ4n) is 1.17. The monoisotopic (exact) mass is 240 g/mol. The fraction of sp³-hybridized carbons (Fsp3) is 0.364. The van der Waals surface area contributed by atoms with E-state index in [1.165, 1.54) is 4.90 Å². The zero-order chi connectivity index (χ0) is 11.8. The third-order valence-corrected chi connectivity index (χ3v) is 3.20. The molecule has 1 atom stereocenters. The van der Waals surface area contributed by atoms with Gasteiger partial charge >= 0.3 is 6.09 Å². The van der Waals surface area contributed by atoms with Gasteiger partial charge < -0.3 is 16.2 Å². The molecule has 5 heteroatoms. The molecule has 0 fully saturated rings. The normalized spacial score (nSPS) is 12.1. The Balaban J connectivity index is 2.15. The van der Waals surface area contributed by atoms with Gasteiger partial charge in [0.1, 0.15) is 0 Å². The Labute approximate surface area is 99.2 Å². The third-order valence-electron chi connectivity index (χ3n) is 2.00. The van der Waals surface area contributed by atoms with Crippen molar-refractivity contribution in [2.75, 3.05) is 12.3 Å². The zero-order valence-corrected chi connectivity index (χ0v) is 9.74. The number of carboxylic acid groups (broad SMARTS) is 1. The first-order valence-electron chi connectivity index (χ1n) is 5.08. The predicted octanol–water partition coefficient (Wildman–Crippen LogP) is 1.76. The van der Waals surface area contributed by atoms with Crippen molar-refractivity contribution in [1.29, 1.82) is 0 Å². The molecule has 0 bridgehead atoms. The van der Waals surface area contributed by atoms with Crippen molar-refractivity contribution in [3.63, 3.8) is 0 Å². The molecular formula is C11H16N2O2S. The van der Waals surface area contributed by atoms with Crippen LogP contribution in [0, 0.1) is 0 Å². The number of rotatable bonds is 6. The summed E-state index contributed by atoms with van der Waals surface area (Å²) in [5.74, 6) is 0.797. The molecule has 1 aromatic carbocycles. The molecular weight excluding hydrogens is 224 g/mol. The van der Waals surface area contributed by atoms with Crippen LogP contribution in [0.15, 0.2) is 35.2 Å². The molecule has 88 valence electrons. The van der Waals surface area contributed by atoms with Crippen LogP contribution in [0.4, 0.5) is 4.79 Å². The Hall–Kier alpha value is -1.20. The van der Waals surface area contributed by atoms with Crippen LogP contribution in [0.1, 0.15) is 6.42 Å². The second kappa shape index (κ2) is 7.14. The number of nitrogens with one attached hydrogen (secondary N) is 1. The van der Waals surface area contributed by atoms with E-state index in [4.69, 9.17) is 10.8 Å². The lowest BCUT2D eigenvalue weighted by Crippen LogP contribution is -2.30. The second-order valence-corrected chi connectivity index (χ2v) is 4.50. The number of hydrogen-bond acceptors (Lipinski definition) is 3. The number of carbonyl (C=O) groups is 1. The highest BCUT2D eigenvalue weighted by Gasteiger charge is 2.04. The van der Waals surface area contributed by atoms with E-state index in [-0.39, 0.29) is 6.04 Å². The van der Waals surface area contributed by atoms with Crippen molar-refractivity contribution in [3.05, 3.63) is 30.3 Å². The van der Waals surface area contributed by atoms with Crippen LogP contribution in [0.3, 0.4) is 0 Å². The minimum Gasteiger partial charge on any atom is -0.465 e. The molecule has 4 N–H and O–H groups in total. The Kier molecular flexibility index (Phi) is 5.74. The van der Waals surface area contributed by atoms with Crippen LogP contribution < -0.4 is 11.1 Å². The summed E-state index contributed by atoms with van der Waals surface area (Å²) in [5.41, 5.74) is 5.85. The molecule has 0 heterocycles. The van der Waals surface area contributed by atoms with Crippen LogP contribution in [0.2, 0.25) is 0 Å². The topological polar surface area (TPSA) is 75.3 Å². The Morgan fingerprint density at radius 2 is 2.12 bits per heavy atom. The number of hydrogen-bond donors (Lipinski definition) is 3. The van der Waals surface area contributed by atoms with Gasteiger partial charge in [-0.3, -0.25) is 0 Å². The van der Waals surface area contributed by atoms with Crippen LogP contribution in [-0.2, 0) is 0 Å². The van der Waals surface area contributed by atoms with Gasteiger partial charge in [0.25, 0.3) is 0 Å². The van der Waals surface area contributed by atoms with Crippen LogP contribution in [-0.4, -0.2) is 29.5 Å². The molecule has 1 aromatic rings. The average molecular weight is 240 g/mol. The SMILES string of the molecule is NC(CCNC(=O)O)CSc1ccccc1. The maximum atomic E-state index is 10.2. The standard InChI is InChI=1S/C11H16N2O2S/c12-9(6-7-13-11(14)15)8-16-10-4-2-1-3-5-10/h1-5,9,13H,6-8,12H2,(H,14,15). The summed E-state index contributed by atoms with van der Waals surface area (Å²) in [6.45, 7) is 0.409. The Morgan fingerprint density at radius 1 is 1.44 bits per heavy atom. The maximum absolute atomic E-state index is 10.2. The van der Waals surface area contributed by atoms with Crippen LogP contribution in [0.5, 0.6) is 0 Å². The highest BCUT2D eigenvalue weighted by molar-refractivity contribution is 7.99. The number of amides is 1. The van der Waals surface area contributed by atoms with Gasteiger partial charge in [0.15, 0.2) is 0 Å². The summed E-state index contributed by atoms with van der Waals surface area (Å²) < 4.78 is 0. The van der Waals surface area contributed by atoms with E-state index in [1.54, 1.807) is 11.8 Å². The molecule has 16 heavy (non-hydrogen) atoms. The number of nitrogens with two attached hydrogens (primary N) is 1. The van der Waals surface area contributed by atoms with E-state index in [2.05, 4.69) is 5.32 Å². The largest absolute Gasteiger partial charge is 0.465 e. The summed E-state index contributed by atoms with van der Waals surface area (Å²) in [6.07, 6.45) is -0.338. The van der Waals surface area contributed by atoms with E-state index >= 15 is 0 Å². The lowest BCUT2D eigenvalue weighted by Gasteiger charge is -2.10. The first-order chi connectivity index (χ1) is 7.68. The van der Waals surface area contributed by atoms with Gasteiger partial charge in [0, 0.05) is 23.2 Å². The van der Waals surface area contributed by atoms with Gasteiger partial charge in [-0.2, -0.15) is 0 Å². The molecule has 1 unspecified atom stereocenters. The van der Waals surface area contributed by atoms with Crippen molar-refractivity contribution >= 4 is 17.9 Å². The molecule has 0 aromatic heterocycles. The second-order valence-electron chi connectivity index (χ2n) is 3.40. The Morgan fingerprint density at radius 3 is 2.75 bits per heavy atom. The lowest BCUT2D eigenvalue weighted by molar-refractivity contribution is 0.194. The summed E-state index contributed by atoms with van der Waals surface area (Å²) in [7, 11) is 0. The Bertz CT molecular complexity index is 319. The van der Waals surface area contributed by atoms with Crippen LogP contribution in [0.25, 0.3) is 0 Å². The van der Waals surface area contributed by atoms with E-state index in [9.17, 15) is 4.79 Å². The average Bonchev–Trinajstić information content (AvgIpc) is 2.27. The minimum atomic E-state index is -0.997. The molecule has 0 radical (unpaired) electrons. The quantitative estimate of drug-likeness (QED) is 0.662. The molecule has 1 amide bonds. The van der Waals surface area contributed by atoms with E-state index < -0.39 is 6.09 Å².